The van der Waals surface area contributed by atoms with Crippen molar-refractivity contribution in [1.82, 2.24) is 4.98 Å². The molecule has 244 valence electrons. The fourth-order valence-electron chi connectivity index (χ4n) is 7.57. The van der Waals surface area contributed by atoms with Crippen molar-refractivity contribution in [3.63, 3.8) is 0 Å². The summed E-state index contributed by atoms with van der Waals surface area (Å²) >= 11 is 0. The smallest absolute Gasteiger partial charge is 0.153 e. The highest BCUT2D eigenvalue weighted by Crippen LogP contribution is 2.43. The molecule has 0 N–H and O–H groups in total. The Bertz CT molecular complexity index is 2890. The van der Waals surface area contributed by atoms with Crippen molar-refractivity contribution in [1.29, 1.82) is 0 Å². The second kappa shape index (κ2) is 12.4. The normalized spacial score (nSPS) is 11.5. The van der Waals surface area contributed by atoms with Crippen LogP contribution >= 0.6 is 0 Å². The van der Waals surface area contributed by atoms with Crippen LogP contribution in [0.15, 0.2) is 199 Å². The second-order valence-corrected chi connectivity index (χ2v) is 13.2. The monoisotopic (exact) mass is 664 g/mol. The van der Waals surface area contributed by atoms with Gasteiger partial charge in [0.2, 0.25) is 0 Å². The first-order valence-corrected chi connectivity index (χ1v) is 17.6. The Kier molecular flexibility index (Phi) is 7.14. The van der Waals surface area contributed by atoms with Gasteiger partial charge in [0.05, 0.1) is 0 Å². The lowest BCUT2D eigenvalue weighted by atomic mass is 9.90. The zero-order chi connectivity index (χ0) is 34.4. The van der Waals surface area contributed by atoms with E-state index in [1.54, 1.807) is 0 Å². The molecule has 8 aromatic carbocycles. The number of fused-ring (bicyclic) bond motifs is 5. The molecule has 0 atom stereocenters. The Morgan fingerprint density at radius 3 is 1.90 bits per heavy atom. The summed E-state index contributed by atoms with van der Waals surface area (Å²) < 4.78 is 6.18. The fourth-order valence-corrected chi connectivity index (χ4v) is 7.57. The van der Waals surface area contributed by atoms with Crippen LogP contribution in [0, 0.1) is 0 Å². The van der Waals surface area contributed by atoms with Crippen LogP contribution in [0.3, 0.4) is 0 Å². The van der Waals surface area contributed by atoms with E-state index in [4.69, 9.17) is 4.42 Å². The molecule has 52 heavy (non-hydrogen) atoms. The van der Waals surface area contributed by atoms with Crippen molar-refractivity contribution in [2.45, 2.75) is 0 Å². The molecule has 0 bridgehead atoms. The minimum atomic E-state index is 0.799. The van der Waals surface area contributed by atoms with Gasteiger partial charge in [-0.25, -0.2) is 0 Å². The lowest BCUT2D eigenvalue weighted by molar-refractivity contribution is 0.668. The topological polar surface area (TPSA) is 29.3 Å². The van der Waals surface area contributed by atoms with Crippen molar-refractivity contribution >= 4 is 60.7 Å². The van der Waals surface area contributed by atoms with Gasteiger partial charge in [-0.1, -0.05) is 127 Å². The standard InChI is InChI=1S/C49H32N2O/c1-3-11-33(12-4-1)34-20-23-39(24-21-34)51(40-25-22-37-31-48-46(30-38(37)29-40)49-47(52-48)19-10-28-50-49)41-26-27-44(45(32-41)36-13-5-2-6-14-36)43-18-9-16-35-15-7-8-17-42(35)43/h1-32H. The largest absolute Gasteiger partial charge is 0.454 e. The highest BCUT2D eigenvalue weighted by molar-refractivity contribution is 6.09. The van der Waals surface area contributed by atoms with Crippen molar-refractivity contribution in [3.05, 3.63) is 194 Å². The van der Waals surface area contributed by atoms with E-state index in [1.165, 1.54) is 44.2 Å². The van der Waals surface area contributed by atoms with E-state index in [2.05, 4.69) is 186 Å². The molecule has 0 saturated heterocycles. The van der Waals surface area contributed by atoms with Gasteiger partial charge < -0.3 is 9.32 Å². The van der Waals surface area contributed by atoms with Gasteiger partial charge in [-0.15, -0.1) is 0 Å². The molecule has 0 amide bonds. The van der Waals surface area contributed by atoms with Crippen LogP contribution in [0.2, 0.25) is 0 Å². The Morgan fingerprint density at radius 2 is 1.06 bits per heavy atom. The molecule has 0 aliphatic rings. The molecular weight excluding hydrogens is 633 g/mol. The number of hydrogen-bond acceptors (Lipinski definition) is 3. The van der Waals surface area contributed by atoms with Gasteiger partial charge >= 0.3 is 0 Å². The number of anilines is 3. The first-order valence-electron chi connectivity index (χ1n) is 17.6. The summed E-state index contributed by atoms with van der Waals surface area (Å²) in [5.41, 5.74) is 12.9. The molecular formula is C49H32N2O. The zero-order valence-corrected chi connectivity index (χ0v) is 28.3. The minimum Gasteiger partial charge on any atom is -0.454 e. The summed E-state index contributed by atoms with van der Waals surface area (Å²) in [6.45, 7) is 0. The van der Waals surface area contributed by atoms with E-state index in [-0.39, 0.29) is 0 Å². The summed E-state index contributed by atoms with van der Waals surface area (Å²) in [4.78, 5) is 7.01. The molecule has 3 heteroatoms. The van der Waals surface area contributed by atoms with Crippen LogP contribution in [0.1, 0.15) is 0 Å². The van der Waals surface area contributed by atoms with E-state index in [0.717, 1.165) is 49.9 Å². The van der Waals surface area contributed by atoms with Crippen LogP contribution in [-0.2, 0) is 0 Å². The van der Waals surface area contributed by atoms with Crippen LogP contribution in [0.4, 0.5) is 17.1 Å². The molecule has 2 aromatic heterocycles. The fraction of sp³-hybridized carbons (Fsp3) is 0. The van der Waals surface area contributed by atoms with Crippen LogP contribution < -0.4 is 4.90 Å². The van der Waals surface area contributed by atoms with Crippen molar-refractivity contribution < 1.29 is 4.42 Å². The maximum atomic E-state index is 6.18. The average molecular weight is 665 g/mol. The van der Waals surface area contributed by atoms with Gasteiger partial charge in [0, 0.05) is 28.6 Å². The summed E-state index contributed by atoms with van der Waals surface area (Å²) in [7, 11) is 0. The molecule has 10 rings (SSSR count). The maximum absolute atomic E-state index is 6.18. The number of aromatic nitrogens is 1. The molecule has 0 spiro atoms. The number of furan rings is 1. The highest BCUT2D eigenvalue weighted by atomic mass is 16.3. The first-order chi connectivity index (χ1) is 25.8. The predicted octanol–water partition coefficient (Wildman–Crippen LogP) is 13.8. The van der Waals surface area contributed by atoms with Crippen LogP contribution in [0.25, 0.3) is 77.0 Å². The minimum absolute atomic E-state index is 0.799. The third kappa shape index (κ3) is 5.19. The van der Waals surface area contributed by atoms with Crippen LogP contribution in [0.5, 0.6) is 0 Å². The van der Waals surface area contributed by atoms with Crippen molar-refractivity contribution in [2.24, 2.45) is 0 Å². The lowest BCUT2D eigenvalue weighted by Gasteiger charge is -2.27. The number of rotatable bonds is 6. The SMILES string of the molecule is c1ccc(-c2ccc(N(c3ccc(-c4cccc5ccccc45)c(-c4ccccc4)c3)c3ccc4cc5oc6cccnc6c5cc4c3)cc2)cc1. The third-order valence-electron chi connectivity index (χ3n) is 10.1. The molecule has 0 fully saturated rings. The number of nitrogens with zero attached hydrogens (tertiary/aromatic N) is 2. The number of benzene rings is 8. The molecule has 10 aromatic rings. The van der Waals surface area contributed by atoms with Gasteiger partial charge in [0.1, 0.15) is 11.1 Å². The highest BCUT2D eigenvalue weighted by Gasteiger charge is 2.19. The predicted molar refractivity (Wildman–Crippen MR) is 218 cm³/mol. The van der Waals surface area contributed by atoms with E-state index in [1.807, 2.05) is 18.3 Å². The average Bonchev–Trinajstić information content (AvgIpc) is 3.58. The Morgan fingerprint density at radius 1 is 0.365 bits per heavy atom. The van der Waals surface area contributed by atoms with Gasteiger partial charge in [0.15, 0.2) is 5.58 Å². The van der Waals surface area contributed by atoms with Gasteiger partial charge in [-0.05, 0) is 116 Å². The van der Waals surface area contributed by atoms with Crippen molar-refractivity contribution in [2.75, 3.05) is 4.90 Å². The third-order valence-corrected chi connectivity index (χ3v) is 10.1. The lowest BCUT2D eigenvalue weighted by Crippen LogP contribution is -2.10. The summed E-state index contributed by atoms with van der Waals surface area (Å²) in [6, 6.07) is 67.2. The quantitative estimate of drug-likeness (QED) is 0.177. The first kappa shape index (κ1) is 29.9. The van der Waals surface area contributed by atoms with E-state index in [9.17, 15) is 0 Å². The summed E-state index contributed by atoms with van der Waals surface area (Å²) in [6.07, 6.45) is 1.82. The number of pyridine rings is 1. The summed E-state index contributed by atoms with van der Waals surface area (Å²) in [5, 5.41) is 5.73. The Labute approximate surface area is 301 Å². The molecule has 0 aliphatic heterocycles. The molecule has 0 aliphatic carbocycles. The maximum Gasteiger partial charge on any atom is 0.153 e. The molecule has 0 radical (unpaired) electrons. The van der Waals surface area contributed by atoms with E-state index >= 15 is 0 Å². The van der Waals surface area contributed by atoms with Gasteiger partial charge in [-0.3, -0.25) is 4.98 Å². The van der Waals surface area contributed by atoms with E-state index < -0.39 is 0 Å². The zero-order valence-electron chi connectivity index (χ0n) is 28.3. The van der Waals surface area contributed by atoms with Gasteiger partial charge in [0.25, 0.3) is 0 Å². The molecule has 0 unspecified atom stereocenters. The van der Waals surface area contributed by atoms with Crippen molar-refractivity contribution in [3.8, 4) is 33.4 Å². The number of hydrogen-bond donors (Lipinski definition) is 0. The second-order valence-electron chi connectivity index (χ2n) is 13.2. The molecule has 0 saturated carbocycles. The molecule has 2 heterocycles. The summed E-state index contributed by atoms with van der Waals surface area (Å²) in [5.74, 6) is 0. The Balaban J connectivity index is 1.18. The molecule has 3 nitrogen and oxygen atoms in total. The Hall–Kier alpha value is -6.97. The van der Waals surface area contributed by atoms with Gasteiger partial charge in [-0.2, -0.15) is 0 Å². The van der Waals surface area contributed by atoms with E-state index in [0.29, 0.717) is 0 Å². The van der Waals surface area contributed by atoms with Crippen LogP contribution in [-0.4, -0.2) is 4.98 Å².